The van der Waals surface area contributed by atoms with Crippen LogP contribution in [0.3, 0.4) is 0 Å². The topological polar surface area (TPSA) is 92.3 Å². The zero-order valence-corrected chi connectivity index (χ0v) is 14.0. The summed E-state index contributed by atoms with van der Waals surface area (Å²) in [6, 6.07) is 17.6. The second kappa shape index (κ2) is 7.69. The van der Waals surface area contributed by atoms with Crippen molar-refractivity contribution in [3.63, 3.8) is 0 Å². The van der Waals surface area contributed by atoms with Crippen molar-refractivity contribution in [1.29, 1.82) is 0 Å². The fraction of sp³-hybridized carbons (Fsp3) is 0.200. The van der Waals surface area contributed by atoms with E-state index in [1.807, 2.05) is 40.0 Å². The Hall–Kier alpha value is -1.74. The molecule has 0 aromatic heterocycles. The standard InChI is InChI=1S/C15H18N2O4S2/c18-22(19,12-11-14-7-3-1-4-8-14)16-17-23(20,21)13-15-9-5-2-6-10-15/h1-10,16-17H,11-13H2. The van der Waals surface area contributed by atoms with Crippen molar-refractivity contribution in [3.8, 4) is 0 Å². The minimum atomic E-state index is -3.79. The van der Waals surface area contributed by atoms with Crippen LogP contribution in [0.4, 0.5) is 0 Å². The van der Waals surface area contributed by atoms with Gasteiger partial charge in [0.1, 0.15) is 0 Å². The largest absolute Gasteiger partial charge is 0.229 e. The molecule has 0 fully saturated rings. The normalized spacial score (nSPS) is 12.2. The van der Waals surface area contributed by atoms with Crippen LogP contribution in [0.2, 0.25) is 0 Å². The first-order valence-corrected chi connectivity index (χ1v) is 10.2. The number of benzene rings is 2. The lowest BCUT2D eigenvalue weighted by molar-refractivity contribution is 0.557. The van der Waals surface area contributed by atoms with Crippen LogP contribution in [-0.4, -0.2) is 22.6 Å². The molecule has 0 radical (unpaired) electrons. The minimum absolute atomic E-state index is 0.204. The van der Waals surface area contributed by atoms with Crippen molar-refractivity contribution in [2.24, 2.45) is 0 Å². The van der Waals surface area contributed by atoms with Gasteiger partial charge >= 0.3 is 0 Å². The Morgan fingerprint density at radius 1 is 0.652 bits per heavy atom. The number of rotatable bonds is 8. The number of hydrogen-bond acceptors (Lipinski definition) is 4. The number of sulfonamides is 2. The summed E-state index contributed by atoms with van der Waals surface area (Å²) in [5.41, 5.74) is 1.44. The molecule has 2 aromatic rings. The molecule has 0 unspecified atom stereocenters. The van der Waals surface area contributed by atoms with E-state index in [4.69, 9.17) is 0 Å². The molecule has 6 nitrogen and oxygen atoms in total. The fourth-order valence-electron chi connectivity index (χ4n) is 1.90. The van der Waals surface area contributed by atoms with Gasteiger partial charge in [-0.25, -0.2) is 16.8 Å². The van der Waals surface area contributed by atoms with Gasteiger partial charge in [0.05, 0.1) is 11.5 Å². The van der Waals surface area contributed by atoms with Crippen molar-refractivity contribution >= 4 is 20.0 Å². The molecule has 0 aliphatic heterocycles. The van der Waals surface area contributed by atoms with Crippen LogP contribution in [0.15, 0.2) is 60.7 Å². The lowest BCUT2D eigenvalue weighted by atomic mass is 10.2. The SMILES string of the molecule is O=S(=O)(CCc1ccccc1)NNS(=O)(=O)Cc1ccccc1. The van der Waals surface area contributed by atoms with E-state index in [1.54, 1.807) is 30.3 Å². The maximum absolute atomic E-state index is 11.9. The highest BCUT2D eigenvalue weighted by atomic mass is 32.2. The summed E-state index contributed by atoms with van der Waals surface area (Å²) in [6.07, 6.45) is 0.302. The molecule has 124 valence electrons. The highest BCUT2D eigenvalue weighted by Crippen LogP contribution is 2.04. The first kappa shape index (κ1) is 17.6. The molecule has 0 atom stereocenters. The zero-order chi connectivity index (χ0) is 16.8. The monoisotopic (exact) mass is 354 g/mol. The van der Waals surface area contributed by atoms with E-state index in [0.29, 0.717) is 12.0 Å². The third kappa shape index (κ3) is 6.49. The van der Waals surface area contributed by atoms with Crippen molar-refractivity contribution in [1.82, 2.24) is 9.66 Å². The zero-order valence-electron chi connectivity index (χ0n) is 12.3. The predicted octanol–water partition coefficient (Wildman–Crippen LogP) is 1.18. The first-order valence-electron chi connectivity index (χ1n) is 6.93. The lowest BCUT2D eigenvalue weighted by Gasteiger charge is -2.09. The second-order valence-electron chi connectivity index (χ2n) is 5.00. The molecule has 0 spiro atoms. The van der Waals surface area contributed by atoms with Gasteiger partial charge in [-0.05, 0) is 17.5 Å². The number of hydrazine groups is 1. The smallest absolute Gasteiger partial charge is 0.211 e. The van der Waals surface area contributed by atoms with Crippen molar-refractivity contribution < 1.29 is 16.8 Å². The quantitative estimate of drug-likeness (QED) is 0.696. The maximum atomic E-state index is 11.9. The van der Waals surface area contributed by atoms with Gasteiger partial charge in [0, 0.05) is 0 Å². The third-order valence-corrected chi connectivity index (χ3v) is 5.46. The van der Waals surface area contributed by atoms with Gasteiger partial charge in [0.15, 0.2) is 0 Å². The Kier molecular flexibility index (Phi) is 5.89. The molecule has 2 N–H and O–H groups in total. The van der Waals surface area contributed by atoms with E-state index in [9.17, 15) is 16.8 Å². The average molecular weight is 354 g/mol. The summed E-state index contributed by atoms with van der Waals surface area (Å²) in [6.45, 7) is 0. The molecule has 23 heavy (non-hydrogen) atoms. The molecule has 2 aromatic carbocycles. The predicted molar refractivity (Wildman–Crippen MR) is 89.3 cm³/mol. The van der Waals surface area contributed by atoms with E-state index >= 15 is 0 Å². The molecule has 2 rings (SSSR count). The summed E-state index contributed by atoms with van der Waals surface area (Å²) >= 11 is 0. The van der Waals surface area contributed by atoms with Gasteiger partial charge < -0.3 is 0 Å². The Bertz CT molecular complexity index is 820. The number of aryl methyl sites for hydroxylation is 1. The molecular weight excluding hydrogens is 336 g/mol. The Morgan fingerprint density at radius 2 is 1.13 bits per heavy atom. The molecule has 0 aliphatic carbocycles. The van der Waals surface area contributed by atoms with Crippen LogP contribution in [0, 0.1) is 0 Å². The van der Waals surface area contributed by atoms with Crippen molar-refractivity contribution in [2.45, 2.75) is 12.2 Å². The number of hydrogen-bond donors (Lipinski definition) is 2. The highest BCUT2D eigenvalue weighted by Gasteiger charge is 2.16. The Labute approximate surface area is 136 Å². The summed E-state index contributed by atoms with van der Waals surface area (Å²) < 4.78 is 47.5. The molecule has 0 aliphatic rings. The summed E-state index contributed by atoms with van der Waals surface area (Å²) in [5, 5.41) is 0. The van der Waals surface area contributed by atoms with Crippen molar-refractivity contribution in [2.75, 3.05) is 5.75 Å². The van der Waals surface area contributed by atoms with Crippen LogP contribution in [-0.2, 0) is 32.2 Å². The third-order valence-electron chi connectivity index (χ3n) is 3.05. The molecule has 0 bridgehead atoms. The van der Waals surface area contributed by atoms with E-state index in [1.165, 1.54) is 0 Å². The Morgan fingerprint density at radius 3 is 1.70 bits per heavy atom. The summed E-state index contributed by atoms with van der Waals surface area (Å²) in [4.78, 5) is 3.84. The summed E-state index contributed by atoms with van der Waals surface area (Å²) in [7, 11) is -7.54. The van der Waals surface area contributed by atoms with Crippen LogP contribution < -0.4 is 9.66 Å². The summed E-state index contributed by atoms with van der Waals surface area (Å²) in [5.74, 6) is -0.500. The molecule has 0 heterocycles. The first-order chi connectivity index (χ1) is 10.9. The van der Waals surface area contributed by atoms with Gasteiger partial charge in [0.2, 0.25) is 20.0 Å². The van der Waals surface area contributed by atoms with E-state index in [2.05, 4.69) is 0 Å². The number of nitrogens with one attached hydrogen (secondary N) is 2. The fourth-order valence-corrected chi connectivity index (χ4v) is 4.23. The lowest BCUT2D eigenvalue weighted by Crippen LogP contribution is -2.43. The highest BCUT2D eigenvalue weighted by molar-refractivity contribution is 7.92. The second-order valence-corrected chi connectivity index (χ2v) is 8.57. The minimum Gasteiger partial charge on any atom is -0.211 e. The Balaban J connectivity index is 1.88. The van der Waals surface area contributed by atoms with Crippen molar-refractivity contribution in [3.05, 3.63) is 71.8 Å². The molecule has 0 amide bonds. The molecule has 0 saturated carbocycles. The van der Waals surface area contributed by atoms with Gasteiger partial charge in [-0.1, -0.05) is 60.7 Å². The molecular formula is C15H18N2O4S2. The van der Waals surface area contributed by atoms with E-state index in [0.717, 1.165) is 5.56 Å². The van der Waals surface area contributed by atoms with Gasteiger partial charge in [0.25, 0.3) is 0 Å². The van der Waals surface area contributed by atoms with Crippen LogP contribution in [0.5, 0.6) is 0 Å². The van der Waals surface area contributed by atoms with Crippen LogP contribution in [0.1, 0.15) is 11.1 Å². The van der Waals surface area contributed by atoms with Gasteiger partial charge in [-0.15, -0.1) is 9.66 Å². The molecule has 0 saturated heterocycles. The van der Waals surface area contributed by atoms with E-state index < -0.39 is 20.0 Å². The average Bonchev–Trinajstić information content (AvgIpc) is 2.53. The maximum Gasteiger partial charge on any atom is 0.229 e. The molecule has 8 heteroatoms. The van der Waals surface area contributed by atoms with Gasteiger partial charge in [-0.3, -0.25) is 0 Å². The van der Waals surface area contributed by atoms with Crippen LogP contribution >= 0.6 is 0 Å². The van der Waals surface area contributed by atoms with E-state index in [-0.39, 0.29) is 11.5 Å². The van der Waals surface area contributed by atoms with Crippen LogP contribution in [0.25, 0.3) is 0 Å². The van der Waals surface area contributed by atoms with Gasteiger partial charge in [-0.2, -0.15) is 0 Å².